The maximum Gasteiger partial charge on any atom is 0.253 e. The zero-order chi connectivity index (χ0) is 12.3. The van der Waals surface area contributed by atoms with E-state index in [1.165, 1.54) is 5.56 Å². The Hall–Kier alpha value is -1.83. The molecule has 1 heterocycles. The fourth-order valence-electron chi connectivity index (χ4n) is 1.94. The van der Waals surface area contributed by atoms with Gasteiger partial charge in [0.1, 0.15) is 0 Å². The Morgan fingerprint density at radius 3 is 2.41 bits per heavy atom. The molecule has 2 aromatic rings. The summed E-state index contributed by atoms with van der Waals surface area (Å²) < 4.78 is 1.85. The molecule has 1 aromatic heterocycles. The summed E-state index contributed by atoms with van der Waals surface area (Å²) in [6.07, 6.45) is 0.894. The van der Waals surface area contributed by atoms with Crippen LogP contribution in [0.3, 0.4) is 0 Å². The molecule has 0 bridgehead atoms. The molecule has 0 fully saturated rings. The highest BCUT2D eigenvalue weighted by molar-refractivity contribution is 5.16. The normalized spacial score (nSPS) is 10.5. The van der Waals surface area contributed by atoms with Crippen molar-refractivity contribution in [1.29, 1.82) is 0 Å². The van der Waals surface area contributed by atoms with Gasteiger partial charge in [0.25, 0.3) is 5.56 Å². The summed E-state index contributed by atoms with van der Waals surface area (Å²) in [5, 5.41) is 0. The minimum Gasteiger partial charge on any atom is -0.312 e. The van der Waals surface area contributed by atoms with Gasteiger partial charge in [-0.1, -0.05) is 36.4 Å². The first-order valence-electron chi connectivity index (χ1n) is 5.89. The van der Waals surface area contributed by atoms with Crippen LogP contribution in [0.15, 0.2) is 47.3 Å². The van der Waals surface area contributed by atoms with Gasteiger partial charge in [-0.2, -0.15) is 0 Å². The highest BCUT2D eigenvalue weighted by atomic mass is 16.1. The van der Waals surface area contributed by atoms with Crippen LogP contribution in [0, 0.1) is 13.8 Å². The lowest BCUT2D eigenvalue weighted by molar-refractivity contribution is 0.645. The summed E-state index contributed by atoms with van der Waals surface area (Å²) in [7, 11) is 0. The van der Waals surface area contributed by atoms with E-state index in [1.54, 1.807) is 0 Å². The van der Waals surface area contributed by atoms with Crippen LogP contribution < -0.4 is 5.56 Å². The van der Waals surface area contributed by atoms with Crippen molar-refractivity contribution >= 4 is 0 Å². The number of pyridine rings is 1. The van der Waals surface area contributed by atoms with E-state index < -0.39 is 0 Å². The van der Waals surface area contributed by atoms with Crippen LogP contribution in [0.25, 0.3) is 0 Å². The predicted molar refractivity (Wildman–Crippen MR) is 70.3 cm³/mol. The second-order valence-electron chi connectivity index (χ2n) is 4.35. The molecule has 0 N–H and O–H groups in total. The first-order chi connectivity index (χ1) is 8.18. The van der Waals surface area contributed by atoms with Gasteiger partial charge in [-0.25, -0.2) is 0 Å². The van der Waals surface area contributed by atoms with Crippen molar-refractivity contribution in [2.24, 2.45) is 0 Å². The van der Waals surface area contributed by atoms with Crippen LogP contribution in [0.4, 0.5) is 0 Å². The largest absolute Gasteiger partial charge is 0.312 e. The highest BCUT2D eigenvalue weighted by Gasteiger charge is 2.02. The van der Waals surface area contributed by atoms with Crippen LogP contribution in [0.5, 0.6) is 0 Å². The Balaban J connectivity index is 2.20. The lowest BCUT2D eigenvalue weighted by Crippen LogP contribution is -2.24. The molecule has 2 heteroatoms. The molecule has 0 unspecified atom stereocenters. The van der Waals surface area contributed by atoms with Crippen LogP contribution in [-0.4, -0.2) is 4.57 Å². The molecular formula is C15H17NO. The van der Waals surface area contributed by atoms with Crippen LogP contribution in [0.2, 0.25) is 0 Å². The molecule has 0 spiro atoms. The third-order valence-corrected chi connectivity index (χ3v) is 3.05. The lowest BCUT2D eigenvalue weighted by atomic mass is 10.1. The van der Waals surface area contributed by atoms with Crippen molar-refractivity contribution in [3.8, 4) is 0 Å². The zero-order valence-corrected chi connectivity index (χ0v) is 10.3. The van der Waals surface area contributed by atoms with Gasteiger partial charge in [0.2, 0.25) is 0 Å². The average Bonchev–Trinajstić information content (AvgIpc) is 2.35. The van der Waals surface area contributed by atoms with Crippen LogP contribution >= 0.6 is 0 Å². The number of rotatable bonds is 3. The van der Waals surface area contributed by atoms with E-state index in [4.69, 9.17) is 0 Å². The predicted octanol–water partition coefficient (Wildman–Crippen LogP) is 2.71. The molecule has 0 amide bonds. The fourth-order valence-corrected chi connectivity index (χ4v) is 1.94. The minimum absolute atomic E-state index is 0.126. The SMILES string of the molecule is Cc1ccc(C)n(CCc2ccccc2)c1=O. The smallest absolute Gasteiger partial charge is 0.253 e. The van der Waals surface area contributed by atoms with E-state index in [2.05, 4.69) is 12.1 Å². The second kappa shape index (κ2) is 5.00. The van der Waals surface area contributed by atoms with Crippen molar-refractivity contribution < 1.29 is 0 Å². The molecule has 0 saturated carbocycles. The van der Waals surface area contributed by atoms with E-state index in [9.17, 15) is 4.79 Å². The van der Waals surface area contributed by atoms with Crippen LogP contribution in [-0.2, 0) is 13.0 Å². The Labute approximate surface area is 102 Å². The number of nitrogens with zero attached hydrogens (tertiary/aromatic N) is 1. The Bertz CT molecular complexity index is 555. The van der Waals surface area contributed by atoms with E-state index >= 15 is 0 Å². The molecule has 2 nitrogen and oxygen atoms in total. The molecule has 0 saturated heterocycles. The highest BCUT2D eigenvalue weighted by Crippen LogP contribution is 2.03. The summed E-state index contributed by atoms with van der Waals surface area (Å²) in [5.74, 6) is 0. The number of hydrogen-bond acceptors (Lipinski definition) is 1. The molecule has 2 rings (SSSR count). The number of aromatic nitrogens is 1. The molecule has 0 aliphatic heterocycles. The van der Waals surface area contributed by atoms with Crippen molar-refractivity contribution in [2.45, 2.75) is 26.8 Å². The van der Waals surface area contributed by atoms with Crippen molar-refractivity contribution in [2.75, 3.05) is 0 Å². The van der Waals surface area contributed by atoms with Crippen molar-refractivity contribution in [1.82, 2.24) is 4.57 Å². The Morgan fingerprint density at radius 2 is 1.71 bits per heavy atom. The first kappa shape index (κ1) is 11.6. The molecular weight excluding hydrogens is 210 g/mol. The maximum atomic E-state index is 12.0. The molecule has 17 heavy (non-hydrogen) atoms. The zero-order valence-electron chi connectivity index (χ0n) is 10.3. The minimum atomic E-state index is 0.126. The maximum absolute atomic E-state index is 12.0. The van der Waals surface area contributed by atoms with Gasteiger partial charge in [0.05, 0.1) is 0 Å². The van der Waals surface area contributed by atoms with E-state index in [-0.39, 0.29) is 5.56 Å². The standard InChI is InChI=1S/C15H17NO/c1-12-8-9-13(2)16(15(12)17)11-10-14-6-4-3-5-7-14/h3-9H,10-11H2,1-2H3. The molecule has 88 valence electrons. The van der Waals surface area contributed by atoms with Crippen molar-refractivity contribution in [3.05, 3.63) is 69.6 Å². The Morgan fingerprint density at radius 1 is 1.00 bits per heavy atom. The van der Waals surface area contributed by atoms with Gasteiger partial charge in [-0.15, -0.1) is 0 Å². The second-order valence-corrected chi connectivity index (χ2v) is 4.35. The number of benzene rings is 1. The summed E-state index contributed by atoms with van der Waals surface area (Å²) >= 11 is 0. The van der Waals surface area contributed by atoms with Gasteiger partial charge in [-0.3, -0.25) is 4.79 Å². The molecule has 0 radical (unpaired) electrons. The van der Waals surface area contributed by atoms with Gasteiger partial charge in [0, 0.05) is 17.8 Å². The summed E-state index contributed by atoms with van der Waals surface area (Å²) in [6, 6.07) is 14.1. The summed E-state index contributed by atoms with van der Waals surface area (Å²) in [4.78, 5) is 12.0. The lowest BCUT2D eigenvalue weighted by Gasteiger charge is -2.10. The molecule has 0 aliphatic rings. The topological polar surface area (TPSA) is 22.0 Å². The van der Waals surface area contributed by atoms with Gasteiger partial charge >= 0.3 is 0 Å². The number of hydrogen-bond donors (Lipinski definition) is 0. The van der Waals surface area contributed by atoms with Gasteiger partial charge in [-0.05, 0) is 31.9 Å². The Kier molecular flexibility index (Phi) is 3.43. The third kappa shape index (κ3) is 2.64. The van der Waals surface area contributed by atoms with Crippen molar-refractivity contribution in [3.63, 3.8) is 0 Å². The van der Waals surface area contributed by atoms with Gasteiger partial charge < -0.3 is 4.57 Å². The average molecular weight is 227 g/mol. The van der Waals surface area contributed by atoms with E-state index in [1.807, 2.05) is 48.7 Å². The number of aryl methyl sites for hydroxylation is 3. The monoisotopic (exact) mass is 227 g/mol. The summed E-state index contributed by atoms with van der Waals surface area (Å²) in [6.45, 7) is 4.59. The van der Waals surface area contributed by atoms with E-state index in [0.29, 0.717) is 0 Å². The first-order valence-corrected chi connectivity index (χ1v) is 5.89. The summed E-state index contributed by atoms with van der Waals surface area (Å²) in [5.41, 5.74) is 3.22. The van der Waals surface area contributed by atoms with Crippen LogP contribution in [0.1, 0.15) is 16.8 Å². The molecule has 0 aliphatic carbocycles. The molecule has 0 atom stereocenters. The third-order valence-electron chi connectivity index (χ3n) is 3.05. The fraction of sp³-hybridized carbons (Fsp3) is 0.267. The van der Waals surface area contributed by atoms with E-state index in [0.717, 1.165) is 24.2 Å². The molecule has 1 aromatic carbocycles. The quantitative estimate of drug-likeness (QED) is 0.790. The van der Waals surface area contributed by atoms with Gasteiger partial charge in [0.15, 0.2) is 0 Å².